The predicted octanol–water partition coefficient (Wildman–Crippen LogP) is 4.60. The van der Waals surface area contributed by atoms with E-state index in [1.54, 1.807) is 12.2 Å². The van der Waals surface area contributed by atoms with Gasteiger partial charge in [0.15, 0.2) is 0 Å². The molecule has 0 saturated heterocycles. The molecule has 0 aliphatic carbocycles. The maximum Gasteiger partial charge on any atom is 0.0867 e. The van der Waals surface area contributed by atoms with Gasteiger partial charge in [0.05, 0.1) is 13.5 Å². The minimum Gasteiger partial charge on any atom is -0.255 e. The zero-order valence-electron chi connectivity index (χ0n) is 8.98. The molecule has 0 saturated carbocycles. The molecule has 0 aromatic carbocycles. The van der Waals surface area contributed by atoms with Gasteiger partial charge in [0.25, 0.3) is 0 Å². The summed E-state index contributed by atoms with van der Waals surface area (Å²) >= 11 is 0. The van der Waals surface area contributed by atoms with Crippen LogP contribution in [0.5, 0.6) is 0 Å². The quantitative estimate of drug-likeness (QED) is 0.570. The molecule has 2 heteroatoms. The van der Waals surface area contributed by atoms with Gasteiger partial charge in [-0.15, -0.1) is 0 Å². The first-order valence-electron chi connectivity index (χ1n) is 4.31. The van der Waals surface area contributed by atoms with Crippen LogP contribution in [0.25, 0.3) is 0 Å². The highest BCUT2D eigenvalue weighted by atomic mass is 19.1. The third-order valence-electron chi connectivity index (χ3n) is 1.05. The van der Waals surface area contributed by atoms with Crippen molar-refractivity contribution in [2.24, 2.45) is 0 Å². The smallest absolute Gasteiger partial charge is 0.0867 e. The summed E-state index contributed by atoms with van der Waals surface area (Å²) < 4.78 is 20.9. The van der Waals surface area contributed by atoms with E-state index in [1.165, 1.54) is 6.08 Å². The number of halogens is 2. The maximum atomic E-state index is 11.4. The second kappa shape index (κ2) is 22.5. The minimum absolute atomic E-state index is 0.500. The van der Waals surface area contributed by atoms with Crippen LogP contribution in [0.3, 0.4) is 0 Å². The molecule has 0 aliphatic heterocycles. The first kappa shape index (κ1) is 18.0. The molecular formula is C11H20F2. The van der Waals surface area contributed by atoms with Gasteiger partial charge in [-0.3, -0.25) is 4.39 Å². The summed E-state index contributed by atoms with van der Waals surface area (Å²) in [5.41, 5.74) is 1.05. The van der Waals surface area contributed by atoms with Crippen molar-refractivity contribution in [3.05, 3.63) is 36.7 Å². The number of rotatable bonds is 3. The van der Waals surface area contributed by atoms with Crippen LogP contribution < -0.4 is 0 Å². The summed E-state index contributed by atoms with van der Waals surface area (Å²) in [7, 11) is 0.500. The number of allylic oxidation sites excluding steroid dienone is 4. The Hall–Kier alpha value is -0.920. The lowest BCUT2D eigenvalue weighted by Crippen LogP contribution is -1.69. The van der Waals surface area contributed by atoms with Gasteiger partial charge in [-0.25, -0.2) is 4.39 Å². The summed E-state index contributed by atoms with van der Waals surface area (Å²) in [6.07, 6.45) is 6.19. The molecule has 0 amide bonds. The van der Waals surface area contributed by atoms with E-state index in [4.69, 9.17) is 0 Å². The number of hydrogen-bond donors (Lipinski definition) is 0. The highest BCUT2D eigenvalue weighted by Crippen LogP contribution is 2.00. The van der Waals surface area contributed by atoms with E-state index in [-0.39, 0.29) is 0 Å². The van der Waals surface area contributed by atoms with Crippen LogP contribution in [0, 0.1) is 0 Å². The molecule has 0 nitrogen and oxygen atoms in total. The van der Waals surface area contributed by atoms with Crippen molar-refractivity contribution in [2.45, 2.75) is 27.2 Å². The van der Waals surface area contributed by atoms with Crippen LogP contribution >= 0.6 is 0 Å². The van der Waals surface area contributed by atoms with E-state index in [1.807, 2.05) is 20.8 Å². The van der Waals surface area contributed by atoms with Gasteiger partial charge >= 0.3 is 0 Å². The Morgan fingerprint density at radius 2 is 1.77 bits per heavy atom. The zero-order chi connectivity index (χ0) is 11.1. The first-order valence-corrected chi connectivity index (χ1v) is 4.31. The van der Waals surface area contributed by atoms with Crippen LogP contribution in [-0.2, 0) is 0 Å². The Morgan fingerprint density at radius 1 is 1.31 bits per heavy atom. The topological polar surface area (TPSA) is 0 Å². The fraction of sp³-hybridized carbons (Fsp3) is 0.455. The van der Waals surface area contributed by atoms with E-state index in [0.29, 0.717) is 13.5 Å². The van der Waals surface area contributed by atoms with Crippen LogP contribution in [0.15, 0.2) is 36.7 Å². The molecule has 0 aromatic rings. The van der Waals surface area contributed by atoms with Crippen molar-refractivity contribution < 1.29 is 8.78 Å². The van der Waals surface area contributed by atoms with Crippen molar-refractivity contribution in [3.63, 3.8) is 0 Å². The van der Waals surface area contributed by atoms with E-state index in [2.05, 4.69) is 6.58 Å². The standard InChI is InChI=1S/C8H11F.C2H6.CH3F/c1-3-8(4-2)6-5-7-9;2*1-2/h3,5-7H,1,4H2,2H3;1-2H3;1H3/b7-5-,8-6+;;. The molecule has 0 rings (SSSR count). The lowest BCUT2D eigenvalue weighted by molar-refractivity contribution is 0.636. The van der Waals surface area contributed by atoms with Crippen molar-refractivity contribution in [1.82, 2.24) is 0 Å². The van der Waals surface area contributed by atoms with E-state index >= 15 is 0 Å². The lowest BCUT2D eigenvalue weighted by Gasteiger charge is -1.89. The summed E-state index contributed by atoms with van der Waals surface area (Å²) in [6, 6.07) is 0. The summed E-state index contributed by atoms with van der Waals surface area (Å²) in [5, 5.41) is 0. The monoisotopic (exact) mass is 190 g/mol. The second-order valence-corrected chi connectivity index (χ2v) is 1.62. The Morgan fingerprint density at radius 3 is 2.00 bits per heavy atom. The van der Waals surface area contributed by atoms with Gasteiger partial charge in [-0.2, -0.15) is 0 Å². The van der Waals surface area contributed by atoms with Gasteiger partial charge in [0.2, 0.25) is 0 Å². The molecule has 0 radical (unpaired) electrons. The van der Waals surface area contributed by atoms with Gasteiger partial charge in [-0.1, -0.05) is 39.5 Å². The lowest BCUT2D eigenvalue weighted by atomic mass is 10.2. The predicted molar refractivity (Wildman–Crippen MR) is 57.2 cm³/mol. The van der Waals surface area contributed by atoms with Gasteiger partial charge in [-0.05, 0) is 18.1 Å². The molecule has 0 atom stereocenters. The zero-order valence-corrected chi connectivity index (χ0v) is 8.98. The average molecular weight is 190 g/mol. The molecule has 0 aliphatic rings. The molecule has 0 fully saturated rings. The Labute approximate surface area is 80.7 Å². The van der Waals surface area contributed by atoms with Gasteiger partial charge in [0, 0.05) is 0 Å². The SMILES string of the molecule is C=C/C(=C\C=C/F)CC.CC.CF. The van der Waals surface area contributed by atoms with Gasteiger partial charge in [0.1, 0.15) is 0 Å². The van der Waals surface area contributed by atoms with E-state index in [0.717, 1.165) is 12.0 Å². The van der Waals surface area contributed by atoms with Crippen LogP contribution in [0.1, 0.15) is 27.2 Å². The van der Waals surface area contributed by atoms with Crippen molar-refractivity contribution in [3.8, 4) is 0 Å². The molecule has 0 unspecified atom stereocenters. The molecule has 0 heterocycles. The third-order valence-corrected chi connectivity index (χ3v) is 1.05. The van der Waals surface area contributed by atoms with Crippen molar-refractivity contribution in [2.75, 3.05) is 7.18 Å². The first-order chi connectivity index (χ1) is 6.35. The van der Waals surface area contributed by atoms with E-state index < -0.39 is 0 Å². The highest BCUT2D eigenvalue weighted by molar-refractivity contribution is 5.20. The molecule has 78 valence electrons. The second-order valence-electron chi connectivity index (χ2n) is 1.62. The summed E-state index contributed by atoms with van der Waals surface area (Å²) in [6.45, 7) is 9.56. The fourth-order valence-electron chi connectivity index (χ4n) is 0.490. The number of hydrogen-bond acceptors (Lipinski definition) is 0. The highest BCUT2D eigenvalue weighted by Gasteiger charge is 1.80. The third kappa shape index (κ3) is 18.2. The van der Waals surface area contributed by atoms with Crippen LogP contribution in [0.4, 0.5) is 8.78 Å². The van der Waals surface area contributed by atoms with E-state index in [9.17, 15) is 8.78 Å². The van der Waals surface area contributed by atoms with Gasteiger partial charge < -0.3 is 0 Å². The van der Waals surface area contributed by atoms with Crippen molar-refractivity contribution in [1.29, 1.82) is 0 Å². The average Bonchev–Trinajstić information content (AvgIpc) is 2.25. The Balaban J connectivity index is -0.000000218. The summed E-state index contributed by atoms with van der Waals surface area (Å²) in [5.74, 6) is 0. The Bertz CT molecular complexity index is 135. The minimum atomic E-state index is 0.500. The van der Waals surface area contributed by atoms with Crippen LogP contribution in [-0.4, -0.2) is 7.18 Å². The Kier molecular flexibility index (Phi) is 31.1. The molecule has 0 N–H and O–H groups in total. The molecule has 13 heavy (non-hydrogen) atoms. The fourth-order valence-corrected chi connectivity index (χ4v) is 0.490. The number of alkyl halides is 1. The largest absolute Gasteiger partial charge is 0.255 e. The molecule has 0 aromatic heterocycles. The van der Waals surface area contributed by atoms with Crippen molar-refractivity contribution >= 4 is 0 Å². The molecule has 0 bridgehead atoms. The molecule has 0 spiro atoms. The maximum absolute atomic E-state index is 11.4. The molecular weight excluding hydrogens is 170 g/mol. The van der Waals surface area contributed by atoms with Crippen LogP contribution in [0.2, 0.25) is 0 Å². The normalized spacial score (nSPS) is 9.54. The summed E-state index contributed by atoms with van der Waals surface area (Å²) in [4.78, 5) is 0.